The molecule has 1 aromatic heterocycles. The molecule has 0 bridgehead atoms. The Kier molecular flexibility index (Phi) is 3.38. The maximum atomic E-state index is 12.0. The molecule has 0 spiro atoms. The van der Waals surface area contributed by atoms with Crippen LogP contribution in [0.15, 0.2) is 35.5 Å². The largest absolute Gasteiger partial charge is 0.278 e. The van der Waals surface area contributed by atoms with Crippen LogP contribution >= 0.6 is 0 Å². The van der Waals surface area contributed by atoms with E-state index in [1.165, 1.54) is 12.3 Å². The second-order valence-electron chi connectivity index (χ2n) is 4.02. The summed E-state index contributed by atoms with van der Waals surface area (Å²) in [6.07, 6.45) is 2.27. The van der Waals surface area contributed by atoms with E-state index in [4.69, 9.17) is 0 Å². The molecule has 0 aliphatic carbocycles. The van der Waals surface area contributed by atoms with Crippen molar-refractivity contribution >= 4 is 15.7 Å². The van der Waals surface area contributed by atoms with Crippen molar-refractivity contribution < 1.29 is 8.42 Å². The van der Waals surface area contributed by atoms with Crippen molar-refractivity contribution in [3.63, 3.8) is 0 Å². The number of hydrogen-bond donors (Lipinski definition) is 2. The molecule has 0 radical (unpaired) electrons. The lowest BCUT2D eigenvalue weighted by atomic mass is 10.1. The number of aryl methyl sites for hydroxylation is 2. The summed E-state index contributed by atoms with van der Waals surface area (Å²) in [5.41, 5.74) is 2.84. The third-order valence-corrected chi connectivity index (χ3v) is 4.06. The summed E-state index contributed by atoms with van der Waals surface area (Å²) in [4.78, 5) is 0. The summed E-state index contributed by atoms with van der Waals surface area (Å²) in [5.74, 6) is 0. The van der Waals surface area contributed by atoms with Gasteiger partial charge in [-0.15, -0.1) is 0 Å². The zero-order valence-electron chi connectivity index (χ0n) is 10.3. The molecule has 0 aliphatic heterocycles. The highest BCUT2D eigenvalue weighted by atomic mass is 32.2. The van der Waals surface area contributed by atoms with Crippen molar-refractivity contribution in [3.8, 4) is 0 Å². The quantitative estimate of drug-likeness (QED) is 0.888. The van der Waals surface area contributed by atoms with Crippen molar-refractivity contribution in [3.05, 3.63) is 41.6 Å². The fourth-order valence-electron chi connectivity index (χ4n) is 1.72. The lowest BCUT2D eigenvalue weighted by molar-refractivity contribution is 0.597. The topological polar surface area (TPSA) is 74.8 Å². The molecule has 5 nitrogen and oxygen atoms in total. The van der Waals surface area contributed by atoms with Crippen molar-refractivity contribution in [2.24, 2.45) is 0 Å². The summed E-state index contributed by atoms with van der Waals surface area (Å²) in [7, 11) is -3.58. The second kappa shape index (κ2) is 4.81. The first kappa shape index (κ1) is 12.6. The highest BCUT2D eigenvalue weighted by molar-refractivity contribution is 7.92. The van der Waals surface area contributed by atoms with Gasteiger partial charge in [0.15, 0.2) is 5.03 Å². The Bertz CT molecular complexity index is 633. The van der Waals surface area contributed by atoms with Crippen LogP contribution in [0.2, 0.25) is 0 Å². The summed E-state index contributed by atoms with van der Waals surface area (Å²) in [6.45, 7) is 4.04. The second-order valence-corrected chi connectivity index (χ2v) is 5.67. The van der Waals surface area contributed by atoms with Crippen molar-refractivity contribution in [1.82, 2.24) is 10.2 Å². The van der Waals surface area contributed by atoms with E-state index >= 15 is 0 Å². The molecule has 1 heterocycles. The first-order valence-electron chi connectivity index (χ1n) is 5.64. The van der Waals surface area contributed by atoms with Crippen molar-refractivity contribution in [2.75, 3.05) is 4.72 Å². The monoisotopic (exact) mass is 265 g/mol. The summed E-state index contributed by atoms with van der Waals surface area (Å²) in [6, 6.07) is 6.92. The number of nitrogens with zero attached hydrogens (tertiary/aromatic N) is 1. The molecule has 0 fully saturated rings. The zero-order valence-corrected chi connectivity index (χ0v) is 11.1. The van der Waals surface area contributed by atoms with E-state index in [0.29, 0.717) is 5.69 Å². The number of benzene rings is 1. The first-order chi connectivity index (χ1) is 8.53. The van der Waals surface area contributed by atoms with E-state index in [1.807, 2.05) is 26.0 Å². The average molecular weight is 265 g/mol. The van der Waals surface area contributed by atoms with Crippen LogP contribution < -0.4 is 4.72 Å². The van der Waals surface area contributed by atoms with Crippen LogP contribution in [-0.2, 0) is 16.4 Å². The van der Waals surface area contributed by atoms with Gasteiger partial charge in [0.25, 0.3) is 10.0 Å². The minimum absolute atomic E-state index is 0.0566. The van der Waals surface area contributed by atoms with Gasteiger partial charge in [-0.05, 0) is 42.7 Å². The van der Waals surface area contributed by atoms with Gasteiger partial charge in [-0.1, -0.05) is 13.0 Å². The fraction of sp³-hybridized carbons (Fsp3) is 0.250. The minimum Gasteiger partial charge on any atom is -0.278 e. The maximum Gasteiger partial charge on any atom is 0.278 e. The maximum absolute atomic E-state index is 12.0. The first-order valence-corrected chi connectivity index (χ1v) is 7.13. The van der Waals surface area contributed by atoms with Crippen molar-refractivity contribution in [1.29, 1.82) is 0 Å². The molecule has 0 amide bonds. The third-order valence-electron chi connectivity index (χ3n) is 2.75. The van der Waals surface area contributed by atoms with E-state index in [0.717, 1.165) is 17.5 Å². The number of aromatic amines is 1. The Balaban J connectivity index is 2.30. The Hall–Kier alpha value is -1.82. The smallest absolute Gasteiger partial charge is 0.278 e. The van der Waals surface area contributed by atoms with E-state index in [-0.39, 0.29) is 5.03 Å². The molecule has 0 atom stereocenters. The molecule has 2 N–H and O–H groups in total. The number of H-pyrrole nitrogens is 1. The average Bonchev–Trinajstić information content (AvgIpc) is 2.85. The molecule has 18 heavy (non-hydrogen) atoms. The lowest BCUT2D eigenvalue weighted by Gasteiger charge is -2.09. The van der Waals surface area contributed by atoms with Gasteiger partial charge in [0.05, 0.1) is 6.20 Å². The van der Waals surface area contributed by atoms with E-state index in [1.54, 1.807) is 6.07 Å². The van der Waals surface area contributed by atoms with E-state index in [9.17, 15) is 8.42 Å². The minimum atomic E-state index is -3.58. The summed E-state index contributed by atoms with van der Waals surface area (Å²) < 4.78 is 26.5. The number of hydrogen-bond acceptors (Lipinski definition) is 3. The number of nitrogens with one attached hydrogen (secondary N) is 2. The molecule has 0 saturated carbocycles. The van der Waals surface area contributed by atoms with E-state index in [2.05, 4.69) is 14.9 Å². The predicted molar refractivity (Wildman–Crippen MR) is 70.0 cm³/mol. The SMILES string of the molecule is CCc1cc(NS(=O)(=O)c2ccn[nH]2)ccc1C. The van der Waals surface area contributed by atoms with Crippen LogP contribution in [0.25, 0.3) is 0 Å². The molecule has 6 heteroatoms. The van der Waals surface area contributed by atoms with Gasteiger partial charge in [-0.2, -0.15) is 13.5 Å². The van der Waals surface area contributed by atoms with Crippen LogP contribution in [0, 0.1) is 6.92 Å². The summed E-state index contributed by atoms with van der Waals surface area (Å²) in [5, 5.41) is 6.13. The Morgan fingerprint density at radius 2 is 2.11 bits per heavy atom. The molecule has 1 aromatic carbocycles. The van der Waals surface area contributed by atoms with Gasteiger partial charge >= 0.3 is 0 Å². The Morgan fingerprint density at radius 3 is 2.72 bits per heavy atom. The zero-order chi connectivity index (χ0) is 13.2. The number of aromatic nitrogens is 2. The summed E-state index contributed by atoms with van der Waals surface area (Å²) >= 11 is 0. The highest BCUT2D eigenvalue weighted by Gasteiger charge is 2.15. The van der Waals surface area contributed by atoms with Crippen LogP contribution in [0.4, 0.5) is 5.69 Å². The molecule has 96 valence electrons. The van der Waals surface area contributed by atoms with Gasteiger partial charge in [-0.3, -0.25) is 9.82 Å². The highest BCUT2D eigenvalue weighted by Crippen LogP contribution is 2.18. The molecule has 2 aromatic rings. The van der Waals surface area contributed by atoms with Crippen LogP contribution in [0.5, 0.6) is 0 Å². The van der Waals surface area contributed by atoms with Crippen LogP contribution in [0.3, 0.4) is 0 Å². The Morgan fingerprint density at radius 1 is 1.33 bits per heavy atom. The van der Waals surface area contributed by atoms with Gasteiger partial charge < -0.3 is 0 Å². The number of rotatable bonds is 4. The third kappa shape index (κ3) is 2.53. The van der Waals surface area contributed by atoms with E-state index < -0.39 is 10.0 Å². The van der Waals surface area contributed by atoms with Crippen LogP contribution in [-0.4, -0.2) is 18.6 Å². The van der Waals surface area contributed by atoms with Gasteiger partial charge in [0.1, 0.15) is 0 Å². The molecule has 0 aliphatic rings. The number of sulfonamides is 1. The van der Waals surface area contributed by atoms with Crippen LogP contribution in [0.1, 0.15) is 18.1 Å². The predicted octanol–water partition coefficient (Wildman–Crippen LogP) is 2.08. The molecule has 2 rings (SSSR count). The Labute approximate surface area is 106 Å². The standard InChI is InChI=1S/C12H15N3O2S/c1-3-10-8-11(5-4-9(10)2)15-18(16,17)12-6-7-13-14-12/h4-8,15H,3H2,1-2H3,(H,13,14). The van der Waals surface area contributed by atoms with Crippen molar-refractivity contribution in [2.45, 2.75) is 25.3 Å². The fourth-order valence-corrected chi connectivity index (χ4v) is 2.68. The molecular weight excluding hydrogens is 250 g/mol. The number of anilines is 1. The molecule has 0 saturated heterocycles. The molecular formula is C12H15N3O2S. The van der Waals surface area contributed by atoms with Gasteiger partial charge in [-0.25, -0.2) is 0 Å². The molecule has 0 unspecified atom stereocenters. The lowest BCUT2D eigenvalue weighted by Crippen LogP contribution is -2.13. The normalized spacial score (nSPS) is 11.4. The van der Waals surface area contributed by atoms with Gasteiger partial charge in [0, 0.05) is 5.69 Å². The van der Waals surface area contributed by atoms with Gasteiger partial charge in [0.2, 0.25) is 0 Å².